The van der Waals surface area contributed by atoms with Gasteiger partial charge in [0.05, 0.1) is 17.5 Å². The minimum Gasteiger partial charge on any atom is -0.497 e. The topological polar surface area (TPSA) is 21.3 Å². The monoisotopic (exact) mass is 345 g/mol. The lowest BCUT2D eigenvalue weighted by atomic mass is 10.1. The smallest absolute Gasteiger partial charge is 0.119 e. The lowest BCUT2D eigenvalue weighted by Gasteiger charge is -2.17. The summed E-state index contributed by atoms with van der Waals surface area (Å²) in [6.07, 6.45) is 0. The van der Waals surface area contributed by atoms with Crippen LogP contribution >= 0.6 is 38.9 Å². The highest BCUT2D eigenvalue weighted by molar-refractivity contribution is 9.10. The molecule has 1 aromatic heterocycles. The molecule has 1 atom stereocenters. The summed E-state index contributed by atoms with van der Waals surface area (Å²) in [6.45, 7) is 0. The van der Waals surface area contributed by atoms with Gasteiger partial charge in [-0.2, -0.15) is 0 Å². The molecule has 0 aliphatic heterocycles. The lowest BCUT2D eigenvalue weighted by Crippen LogP contribution is -2.17. The van der Waals surface area contributed by atoms with Gasteiger partial charge in [-0.25, -0.2) is 0 Å². The second kappa shape index (κ2) is 6.06. The maximum absolute atomic E-state index is 6.00. The molecule has 1 unspecified atom stereocenters. The number of thiophene rings is 1. The van der Waals surface area contributed by atoms with Crippen molar-refractivity contribution in [3.63, 3.8) is 0 Å². The molecule has 18 heavy (non-hydrogen) atoms. The van der Waals surface area contributed by atoms with Crippen molar-refractivity contribution in [3.8, 4) is 5.75 Å². The molecule has 2 aromatic rings. The SMILES string of the molecule is CNC(c1ccc(Cl)s1)c1cc(OC)ccc1Br. The van der Waals surface area contributed by atoms with Gasteiger partial charge < -0.3 is 10.1 Å². The fourth-order valence-corrected chi connectivity index (χ4v) is 3.47. The van der Waals surface area contributed by atoms with Gasteiger partial charge in [-0.15, -0.1) is 11.3 Å². The molecule has 0 aliphatic carbocycles. The van der Waals surface area contributed by atoms with Crippen LogP contribution in [0, 0.1) is 0 Å². The molecule has 2 rings (SSSR count). The van der Waals surface area contributed by atoms with E-state index in [1.54, 1.807) is 18.4 Å². The fraction of sp³-hybridized carbons (Fsp3) is 0.231. The predicted molar refractivity (Wildman–Crippen MR) is 80.9 cm³/mol. The molecule has 1 heterocycles. The molecule has 0 fully saturated rings. The van der Waals surface area contributed by atoms with E-state index in [0.29, 0.717) is 0 Å². The minimum absolute atomic E-state index is 0.104. The Balaban J connectivity index is 2.44. The van der Waals surface area contributed by atoms with E-state index >= 15 is 0 Å². The van der Waals surface area contributed by atoms with Crippen molar-refractivity contribution in [2.24, 2.45) is 0 Å². The van der Waals surface area contributed by atoms with Crippen LogP contribution in [-0.4, -0.2) is 14.2 Å². The van der Waals surface area contributed by atoms with E-state index in [2.05, 4.69) is 21.2 Å². The number of methoxy groups -OCH3 is 1. The second-order valence-electron chi connectivity index (χ2n) is 3.75. The zero-order valence-electron chi connectivity index (χ0n) is 10.0. The number of hydrogen-bond donors (Lipinski definition) is 1. The average molecular weight is 347 g/mol. The van der Waals surface area contributed by atoms with Crippen molar-refractivity contribution in [2.45, 2.75) is 6.04 Å². The molecule has 0 saturated carbocycles. The van der Waals surface area contributed by atoms with E-state index in [9.17, 15) is 0 Å². The average Bonchev–Trinajstić information content (AvgIpc) is 2.79. The van der Waals surface area contributed by atoms with E-state index in [1.165, 1.54) is 4.88 Å². The fourth-order valence-electron chi connectivity index (χ4n) is 1.80. The van der Waals surface area contributed by atoms with Gasteiger partial charge in [-0.1, -0.05) is 27.5 Å². The molecule has 1 aromatic carbocycles. The molecule has 0 amide bonds. The van der Waals surface area contributed by atoms with Crippen molar-refractivity contribution in [1.29, 1.82) is 0 Å². The van der Waals surface area contributed by atoms with Crippen LogP contribution in [-0.2, 0) is 0 Å². The minimum atomic E-state index is 0.104. The summed E-state index contributed by atoms with van der Waals surface area (Å²) in [6, 6.07) is 10.0. The van der Waals surface area contributed by atoms with E-state index < -0.39 is 0 Å². The molecule has 0 bridgehead atoms. The van der Waals surface area contributed by atoms with Crippen LogP contribution in [0.3, 0.4) is 0 Å². The van der Waals surface area contributed by atoms with Crippen molar-refractivity contribution in [2.75, 3.05) is 14.2 Å². The number of ether oxygens (including phenoxy) is 1. The van der Waals surface area contributed by atoms with Gasteiger partial charge >= 0.3 is 0 Å². The quantitative estimate of drug-likeness (QED) is 0.881. The van der Waals surface area contributed by atoms with Gasteiger partial charge in [0.1, 0.15) is 5.75 Å². The number of benzene rings is 1. The van der Waals surface area contributed by atoms with Crippen LogP contribution in [0.2, 0.25) is 4.34 Å². The Kier molecular flexibility index (Phi) is 4.67. The molecule has 0 saturated heterocycles. The van der Waals surface area contributed by atoms with E-state index in [-0.39, 0.29) is 6.04 Å². The first-order chi connectivity index (χ1) is 8.65. The molecule has 0 radical (unpaired) electrons. The molecule has 2 nitrogen and oxygen atoms in total. The second-order valence-corrected chi connectivity index (χ2v) is 6.35. The Bertz CT molecular complexity index is 544. The summed E-state index contributed by atoms with van der Waals surface area (Å²) in [7, 11) is 3.60. The van der Waals surface area contributed by atoms with Crippen LogP contribution in [0.4, 0.5) is 0 Å². The number of halogens is 2. The Morgan fingerprint density at radius 2 is 2.11 bits per heavy atom. The number of rotatable bonds is 4. The standard InChI is InChI=1S/C13H13BrClNOS/c1-16-13(11-5-6-12(15)18-11)9-7-8(17-2)3-4-10(9)14/h3-7,13,16H,1-2H3. The molecular weight excluding hydrogens is 334 g/mol. The Morgan fingerprint density at radius 1 is 1.33 bits per heavy atom. The molecule has 5 heteroatoms. The van der Waals surface area contributed by atoms with Crippen LogP contribution in [0.15, 0.2) is 34.8 Å². The molecule has 0 aliphatic rings. The Labute approximate surface area is 124 Å². The highest BCUT2D eigenvalue weighted by Crippen LogP contribution is 2.35. The van der Waals surface area contributed by atoms with Gasteiger partial charge in [0.2, 0.25) is 0 Å². The van der Waals surface area contributed by atoms with Crippen molar-refractivity contribution in [1.82, 2.24) is 5.32 Å². The zero-order chi connectivity index (χ0) is 13.1. The largest absolute Gasteiger partial charge is 0.497 e. The molecular formula is C13H13BrClNOS. The predicted octanol–water partition coefficient (Wildman–Crippen LogP) is 4.48. The summed E-state index contributed by atoms with van der Waals surface area (Å²) >= 11 is 11.2. The Morgan fingerprint density at radius 3 is 2.67 bits per heavy atom. The highest BCUT2D eigenvalue weighted by Gasteiger charge is 2.17. The summed E-state index contributed by atoms with van der Waals surface area (Å²) < 4.78 is 7.12. The lowest BCUT2D eigenvalue weighted by molar-refractivity contribution is 0.413. The maximum atomic E-state index is 6.00. The Hall–Kier alpha value is -0.550. The van der Waals surface area contributed by atoms with Crippen molar-refractivity contribution < 1.29 is 4.74 Å². The first-order valence-corrected chi connectivity index (χ1v) is 7.40. The van der Waals surface area contributed by atoms with Crippen molar-refractivity contribution >= 4 is 38.9 Å². The van der Waals surface area contributed by atoms with Gasteiger partial charge in [0.15, 0.2) is 0 Å². The third-order valence-corrected chi connectivity index (χ3v) is 4.70. The summed E-state index contributed by atoms with van der Waals surface area (Å²) in [5.74, 6) is 0.844. The third kappa shape index (κ3) is 2.88. The summed E-state index contributed by atoms with van der Waals surface area (Å²) in [5.41, 5.74) is 1.13. The third-order valence-electron chi connectivity index (χ3n) is 2.68. The van der Waals surface area contributed by atoms with Crippen LogP contribution < -0.4 is 10.1 Å². The van der Waals surface area contributed by atoms with Gasteiger partial charge in [0, 0.05) is 9.35 Å². The molecule has 96 valence electrons. The first kappa shape index (κ1) is 13.9. The van der Waals surface area contributed by atoms with E-state index in [4.69, 9.17) is 16.3 Å². The van der Waals surface area contributed by atoms with Crippen LogP contribution in [0.1, 0.15) is 16.5 Å². The first-order valence-electron chi connectivity index (χ1n) is 5.41. The van der Waals surface area contributed by atoms with E-state index in [1.807, 2.05) is 37.4 Å². The van der Waals surface area contributed by atoms with Crippen LogP contribution in [0.25, 0.3) is 0 Å². The van der Waals surface area contributed by atoms with Gasteiger partial charge in [-0.05, 0) is 42.9 Å². The van der Waals surface area contributed by atoms with Gasteiger partial charge in [-0.3, -0.25) is 0 Å². The van der Waals surface area contributed by atoms with Crippen molar-refractivity contribution in [3.05, 3.63) is 49.6 Å². The van der Waals surface area contributed by atoms with E-state index in [0.717, 1.165) is 20.1 Å². The molecule has 1 N–H and O–H groups in total. The summed E-state index contributed by atoms with van der Waals surface area (Å²) in [4.78, 5) is 1.18. The molecule has 0 spiro atoms. The summed E-state index contributed by atoms with van der Waals surface area (Å²) in [5, 5.41) is 3.31. The number of nitrogens with one attached hydrogen (secondary N) is 1. The maximum Gasteiger partial charge on any atom is 0.119 e. The normalized spacial score (nSPS) is 12.4. The highest BCUT2D eigenvalue weighted by atomic mass is 79.9. The number of hydrogen-bond acceptors (Lipinski definition) is 3. The van der Waals surface area contributed by atoms with Crippen LogP contribution in [0.5, 0.6) is 5.75 Å². The zero-order valence-corrected chi connectivity index (χ0v) is 13.2. The van der Waals surface area contributed by atoms with Gasteiger partial charge in [0.25, 0.3) is 0 Å².